The lowest BCUT2D eigenvalue weighted by molar-refractivity contribution is -0.143. The van der Waals surface area contributed by atoms with Crippen LogP contribution >= 0.6 is 0 Å². The van der Waals surface area contributed by atoms with Gasteiger partial charge in [0, 0.05) is 6.42 Å². The fraction of sp³-hybridized carbons (Fsp3) is 0.842. The molecule has 0 amide bonds. The fourth-order valence-electron chi connectivity index (χ4n) is 2.74. The van der Waals surface area contributed by atoms with E-state index in [0.29, 0.717) is 0 Å². The Labute approximate surface area is 131 Å². The summed E-state index contributed by atoms with van der Waals surface area (Å²) < 4.78 is 5.56. The molecule has 2 heteroatoms. The molecule has 0 unspecified atom stereocenters. The van der Waals surface area contributed by atoms with Gasteiger partial charge in [-0.25, -0.2) is 0 Å². The molecule has 0 fully saturated rings. The van der Waals surface area contributed by atoms with E-state index < -0.39 is 0 Å². The standard InChI is InChI=1S/C19H34O2/c1-17(2)19(20)21-18-15-13-11-9-7-5-3-4-6-8-10-12-14-16-18/h15,17H,3-14,16H2,1-2H3/b18-15+. The molecule has 0 spiro atoms. The summed E-state index contributed by atoms with van der Waals surface area (Å²) in [5.74, 6) is 0.797. The Morgan fingerprint density at radius 1 is 0.857 bits per heavy atom. The summed E-state index contributed by atoms with van der Waals surface area (Å²) in [5.41, 5.74) is 0. The summed E-state index contributed by atoms with van der Waals surface area (Å²) >= 11 is 0. The van der Waals surface area contributed by atoms with Gasteiger partial charge < -0.3 is 4.74 Å². The first-order chi connectivity index (χ1) is 10.2. The molecule has 0 heterocycles. The molecule has 0 aromatic rings. The highest BCUT2D eigenvalue weighted by molar-refractivity contribution is 5.72. The van der Waals surface area contributed by atoms with Crippen molar-refractivity contribution in [3.8, 4) is 0 Å². The molecular weight excluding hydrogens is 260 g/mol. The highest BCUT2D eigenvalue weighted by atomic mass is 16.5. The number of allylic oxidation sites excluding steroid dienone is 2. The summed E-state index contributed by atoms with van der Waals surface area (Å²) in [6, 6.07) is 0. The molecule has 122 valence electrons. The number of rotatable bonds is 2. The molecule has 1 aliphatic rings. The van der Waals surface area contributed by atoms with Crippen LogP contribution in [-0.4, -0.2) is 5.97 Å². The maximum Gasteiger partial charge on any atom is 0.313 e. The first kappa shape index (κ1) is 18.3. The summed E-state index contributed by atoms with van der Waals surface area (Å²) in [6.45, 7) is 3.80. The molecule has 1 rings (SSSR count). The van der Waals surface area contributed by atoms with Gasteiger partial charge in [-0.1, -0.05) is 71.6 Å². The van der Waals surface area contributed by atoms with Crippen LogP contribution in [0.2, 0.25) is 0 Å². The van der Waals surface area contributed by atoms with Crippen LogP contribution in [0.3, 0.4) is 0 Å². The number of hydrogen-bond acceptors (Lipinski definition) is 2. The summed E-state index contributed by atoms with van der Waals surface area (Å²) in [7, 11) is 0. The van der Waals surface area contributed by atoms with E-state index in [1.165, 1.54) is 64.2 Å². The van der Waals surface area contributed by atoms with Gasteiger partial charge in [-0.3, -0.25) is 4.79 Å². The summed E-state index contributed by atoms with van der Waals surface area (Å²) in [6.07, 6.45) is 18.7. The van der Waals surface area contributed by atoms with Gasteiger partial charge in [0.1, 0.15) is 5.76 Å². The van der Waals surface area contributed by atoms with Gasteiger partial charge in [0.25, 0.3) is 0 Å². The smallest absolute Gasteiger partial charge is 0.313 e. The summed E-state index contributed by atoms with van der Waals surface area (Å²) in [4.78, 5) is 11.8. The number of carbonyl (C=O) groups is 1. The minimum absolute atomic E-state index is 0.0393. The van der Waals surface area contributed by atoms with Crippen LogP contribution in [0.5, 0.6) is 0 Å². The number of esters is 1. The fourth-order valence-corrected chi connectivity index (χ4v) is 2.74. The van der Waals surface area contributed by atoms with E-state index in [9.17, 15) is 4.79 Å². The predicted molar refractivity (Wildman–Crippen MR) is 89.0 cm³/mol. The van der Waals surface area contributed by atoms with Crippen molar-refractivity contribution in [3.63, 3.8) is 0 Å². The van der Waals surface area contributed by atoms with Crippen LogP contribution in [0.25, 0.3) is 0 Å². The molecule has 0 atom stereocenters. The Morgan fingerprint density at radius 2 is 1.33 bits per heavy atom. The van der Waals surface area contributed by atoms with Crippen molar-refractivity contribution in [2.24, 2.45) is 5.92 Å². The van der Waals surface area contributed by atoms with Crippen molar-refractivity contribution >= 4 is 5.97 Å². The zero-order chi connectivity index (χ0) is 15.3. The topological polar surface area (TPSA) is 26.3 Å². The molecular formula is C19H34O2. The second-order valence-electron chi connectivity index (χ2n) is 6.67. The largest absolute Gasteiger partial charge is 0.431 e. The van der Waals surface area contributed by atoms with E-state index >= 15 is 0 Å². The quantitative estimate of drug-likeness (QED) is 0.570. The van der Waals surface area contributed by atoms with Crippen molar-refractivity contribution in [1.29, 1.82) is 0 Å². The Kier molecular flexibility index (Phi) is 10.3. The van der Waals surface area contributed by atoms with Crippen molar-refractivity contribution in [2.45, 2.75) is 97.3 Å². The monoisotopic (exact) mass is 294 g/mol. The van der Waals surface area contributed by atoms with E-state index in [1.807, 2.05) is 13.8 Å². The Balaban J connectivity index is 2.44. The molecule has 21 heavy (non-hydrogen) atoms. The van der Waals surface area contributed by atoms with Gasteiger partial charge in [-0.05, 0) is 25.3 Å². The zero-order valence-corrected chi connectivity index (χ0v) is 14.2. The highest BCUT2D eigenvalue weighted by Crippen LogP contribution is 2.18. The van der Waals surface area contributed by atoms with Crippen molar-refractivity contribution < 1.29 is 9.53 Å². The molecule has 0 N–H and O–H groups in total. The molecule has 0 bridgehead atoms. The average Bonchev–Trinajstić information content (AvgIpc) is 2.47. The number of ether oxygens (including phenoxy) is 1. The summed E-state index contributed by atoms with van der Waals surface area (Å²) in [5, 5.41) is 0. The minimum Gasteiger partial charge on any atom is -0.431 e. The van der Waals surface area contributed by atoms with E-state index in [-0.39, 0.29) is 11.9 Å². The zero-order valence-electron chi connectivity index (χ0n) is 14.2. The first-order valence-electron chi connectivity index (χ1n) is 9.11. The SMILES string of the molecule is CC(C)C(=O)O/C1=C/CCCCCCCCCCCCC1. The Morgan fingerprint density at radius 3 is 1.86 bits per heavy atom. The molecule has 0 radical (unpaired) electrons. The lowest BCUT2D eigenvalue weighted by atomic mass is 10.1. The molecule has 2 nitrogen and oxygen atoms in total. The third kappa shape index (κ3) is 9.71. The second kappa shape index (κ2) is 11.8. The highest BCUT2D eigenvalue weighted by Gasteiger charge is 2.11. The van der Waals surface area contributed by atoms with Crippen LogP contribution in [0, 0.1) is 5.92 Å². The van der Waals surface area contributed by atoms with E-state index in [1.54, 1.807) is 0 Å². The van der Waals surface area contributed by atoms with Crippen molar-refractivity contribution in [3.05, 3.63) is 11.8 Å². The van der Waals surface area contributed by atoms with Gasteiger partial charge in [0.2, 0.25) is 0 Å². The Bertz CT molecular complexity index is 305. The van der Waals surface area contributed by atoms with E-state index in [0.717, 1.165) is 25.0 Å². The van der Waals surface area contributed by atoms with Crippen LogP contribution in [0.1, 0.15) is 97.3 Å². The third-order valence-corrected chi connectivity index (χ3v) is 4.20. The molecule has 0 saturated heterocycles. The Hall–Kier alpha value is -0.790. The minimum atomic E-state index is -0.0841. The maximum absolute atomic E-state index is 11.8. The first-order valence-corrected chi connectivity index (χ1v) is 9.11. The van der Waals surface area contributed by atoms with Gasteiger partial charge in [0.05, 0.1) is 5.92 Å². The van der Waals surface area contributed by atoms with Gasteiger partial charge >= 0.3 is 5.97 Å². The molecule has 0 aliphatic heterocycles. The average molecular weight is 294 g/mol. The second-order valence-corrected chi connectivity index (χ2v) is 6.67. The van der Waals surface area contributed by atoms with Crippen LogP contribution in [0.15, 0.2) is 11.8 Å². The van der Waals surface area contributed by atoms with Crippen LogP contribution in [-0.2, 0) is 9.53 Å². The van der Waals surface area contributed by atoms with Crippen LogP contribution in [0.4, 0.5) is 0 Å². The molecule has 1 aliphatic carbocycles. The molecule has 0 aromatic heterocycles. The molecule has 0 aromatic carbocycles. The number of hydrogen-bond donors (Lipinski definition) is 0. The van der Waals surface area contributed by atoms with Gasteiger partial charge in [-0.2, -0.15) is 0 Å². The van der Waals surface area contributed by atoms with Gasteiger partial charge in [-0.15, -0.1) is 0 Å². The van der Waals surface area contributed by atoms with Crippen molar-refractivity contribution in [1.82, 2.24) is 0 Å². The normalized spacial score (nSPS) is 22.7. The van der Waals surface area contributed by atoms with Gasteiger partial charge in [0.15, 0.2) is 0 Å². The van der Waals surface area contributed by atoms with E-state index in [4.69, 9.17) is 4.74 Å². The number of carbonyl (C=O) groups excluding carboxylic acids is 1. The third-order valence-electron chi connectivity index (χ3n) is 4.20. The maximum atomic E-state index is 11.8. The van der Waals surface area contributed by atoms with Crippen molar-refractivity contribution in [2.75, 3.05) is 0 Å². The lowest BCUT2D eigenvalue weighted by Crippen LogP contribution is -2.11. The van der Waals surface area contributed by atoms with Crippen LogP contribution < -0.4 is 0 Å². The predicted octanol–water partition coefficient (Wildman–Crippen LogP) is 6.15. The molecule has 0 saturated carbocycles. The van der Waals surface area contributed by atoms with E-state index in [2.05, 4.69) is 6.08 Å². The lowest BCUT2D eigenvalue weighted by Gasteiger charge is -2.11.